The molecule has 1 amide bonds. The third-order valence-corrected chi connectivity index (χ3v) is 3.39. The second-order valence-electron chi connectivity index (χ2n) is 4.30. The maximum Gasteiger partial charge on any atom is 0.260 e. The summed E-state index contributed by atoms with van der Waals surface area (Å²) in [5.41, 5.74) is 1.72. The number of hydrogen-bond donors (Lipinski definition) is 1. The summed E-state index contributed by atoms with van der Waals surface area (Å²) in [6.45, 7) is 0. The zero-order chi connectivity index (χ0) is 13.2. The molecular weight excluding hydrogens is 256 g/mol. The molecule has 94 valence electrons. The van der Waals surface area contributed by atoms with E-state index in [-0.39, 0.29) is 5.91 Å². The number of hydrogen-bond acceptors (Lipinski definition) is 2. The molecule has 4 heteroatoms. The van der Waals surface area contributed by atoms with E-state index in [1.165, 1.54) is 0 Å². The molecule has 1 fully saturated rings. The summed E-state index contributed by atoms with van der Waals surface area (Å²) in [5, 5.41) is 3.53. The second-order valence-corrected chi connectivity index (χ2v) is 4.69. The van der Waals surface area contributed by atoms with Gasteiger partial charge in [0.05, 0.1) is 5.69 Å². The van der Waals surface area contributed by atoms with Crippen molar-refractivity contribution >= 4 is 28.9 Å². The quantitative estimate of drug-likeness (QED) is 0.850. The van der Waals surface area contributed by atoms with Gasteiger partial charge in [-0.15, -0.1) is 0 Å². The van der Waals surface area contributed by atoms with Crippen LogP contribution < -0.4 is 10.2 Å². The lowest BCUT2D eigenvalue weighted by molar-refractivity contribution is -0.118. The predicted molar refractivity (Wildman–Crippen MR) is 78.8 cm³/mol. The highest BCUT2D eigenvalue weighted by molar-refractivity contribution is 7.80. The lowest BCUT2D eigenvalue weighted by atomic mass is 10.1. The number of carbonyl (C=O) groups excluding carboxylic acids is 1. The summed E-state index contributed by atoms with van der Waals surface area (Å²) in [6.07, 6.45) is 0. The monoisotopic (exact) mass is 268 g/mol. The first-order valence-corrected chi connectivity index (χ1v) is 6.42. The lowest BCUT2D eigenvalue weighted by Gasteiger charge is -2.14. The number of nitrogens with one attached hydrogen (secondary N) is 1. The Morgan fingerprint density at radius 3 is 2.16 bits per heavy atom. The molecule has 0 spiro atoms. The van der Waals surface area contributed by atoms with Crippen LogP contribution in [0.3, 0.4) is 0 Å². The van der Waals surface area contributed by atoms with Crippen LogP contribution in [0.15, 0.2) is 60.7 Å². The molecule has 0 radical (unpaired) electrons. The van der Waals surface area contributed by atoms with Crippen molar-refractivity contribution in [1.82, 2.24) is 5.32 Å². The highest BCUT2D eigenvalue weighted by Gasteiger charge is 2.37. The van der Waals surface area contributed by atoms with Crippen molar-refractivity contribution < 1.29 is 4.79 Å². The molecule has 1 saturated heterocycles. The summed E-state index contributed by atoms with van der Waals surface area (Å²) >= 11 is 5.27. The van der Waals surface area contributed by atoms with Gasteiger partial charge in [0, 0.05) is 0 Å². The van der Waals surface area contributed by atoms with Gasteiger partial charge in [-0.2, -0.15) is 0 Å². The van der Waals surface area contributed by atoms with Crippen molar-refractivity contribution in [3.05, 3.63) is 66.2 Å². The van der Waals surface area contributed by atoms with Crippen LogP contribution in [0.1, 0.15) is 11.6 Å². The highest BCUT2D eigenvalue weighted by Crippen LogP contribution is 2.26. The Labute approximate surface area is 116 Å². The molecule has 3 nitrogen and oxygen atoms in total. The van der Waals surface area contributed by atoms with Crippen LogP contribution >= 0.6 is 12.2 Å². The average Bonchev–Trinajstić information content (AvgIpc) is 2.76. The molecule has 1 atom stereocenters. The van der Waals surface area contributed by atoms with Gasteiger partial charge in [0.15, 0.2) is 5.11 Å². The molecule has 1 aliphatic rings. The molecule has 0 unspecified atom stereocenters. The largest absolute Gasteiger partial charge is 0.346 e. The van der Waals surface area contributed by atoms with E-state index in [0.29, 0.717) is 5.11 Å². The normalized spacial score (nSPS) is 18.5. The molecule has 1 heterocycles. The Balaban J connectivity index is 1.94. The number of para-hydroxylation sites is 1. The fraction of sp³-hybridized carbons (Fsp3) is 0.0667. The minimum atomic E-state index is -0.395. The maximum atomic E-state index is 12.5. The van der Waals surface area contributed by atoms with Crippen molar-refractivity contribution in [2.75, 3.05) is 4.90 Å². The Bertz CT molecular complexity index is 613. The van der Waals surface area contributed by atoms with Gasteiger partial charge < -0.3 is 5.32 Å². The Morgan fingerprint density at radius 1 is 0.947 bits per heavy atom. The SMILES string of the molecule is O=C1[C@H](c2ccccc2)NC(=S)N1c1ccccc1. The molecule has 3 rings (SSSR count). The first-order valence-electron chi connectivity index (χ1n) is 6.02. The molecule has 2 aromatic rings. The highest BCUT2D eigenvalue weighted by atomic mass is 32.1. The van der Waals surface area contributed by atoms with Crippen LogP contribution in [0.2, 0.25) is 0 Å². The van der Waals surface area contributed by atoms with Gasteiger partial charge in [-0.05, 0) is 29.9 Å². The fourth-order valence-corrected chi connectivity index (χ4v) is 2.49. The van der Waals surface area contributed by atoms with E-state index in [2.05, 4.69) is 5.32 Å². The Morgan fingerprint density at radius 2 is 1.53 bits per heavy atom. The van der Waals surface area contributed by atoms with Crippen LogP contribution in [-0.4, -0.2) is 11.0 Å². The van der Waals surface area contributed by atoms with Crippen LogP contribution in [0, 0.1) is 0 Å². The van der Waals surface area contributed by atoms with E-state index in [4.69, 9.17) is 12.2 Å². The summed E-state index contributed by atoms with van der Waals surface area (Å²) in [5.74, 6) is -0.0394. The zero-order valence-corrected chi connectivity index (χ0v) is 10.9. The summed E-state index contributed by atoms with van der Waals surface area (Å²) in [6, 6.07) is 18.6. The summed E-state index contributed by atoms with van der Waals surface area (Å²) in [4.78, 5) is 14.0. The van der Waals surface area contributed by atoms with Gasteiger partial charge in [0.25, 0.3) is 5.91 Å². The van der Waals surface area contributed by atoms with Gasteiger partial charge in [-0.1, -0.05) is 48.5 Å². The van der Waals surface area contributed by atoms with E-state index < -0.39 is 6.04 Å². The first kappa shape index (κ1) is 11.9. The number of nitrogens with zero attached hydrogens (tertiary/aromatic N) is 1. The third kappa shape index (κ3) is 2.11. The van der Waals surface area contributed by atoms with Crippen LogP contribution in [0.5, 0.6) is 0 Å². The standard InChI is InChI=1S/C15H12N2OS/c18-14-13(11-7-3-1-4-8-11)16-15(19)17(14)12-9-5-2-6-10-12/h1-10,13H,(H,16,19)/t13-/m0/s1. The van der Waals surface area contributed by atoms with E-state index in [0.717, 1.165) is 11.3 Å². The number of rotatable bonds is 2. The van der Waals surface area contributed by atoms with Crippen molar-refractivity contribution in [2.24, 2.45) is 0 Å². The number of carbonyl (C=O) groups is 1. The number of amides is 1. The third-order valence-electron chi connectivity index (χ3n) is 3.09. The number of anilines is 1. The van der Waals surface area contributed by atoms with E-state index >= 15 is 0 Å². The topological polar surface area (TPSA) is 32.3 Å². The second kappa shape index (κ2) is 4.82. The van der Waals surface area contributed by atoms with E-state index in [1.54, 1.807) is 4.90 Å². The smallest absolute Gasteiger partial charge is 0.260 e. The summed E-state index contributed by atoms with van der Waals surface area (Å²) in [7, 11) is 0. The van der Waals surface area contributed by atoms with Crippen molar-refractivity contribution in [1.29, 1.82) is 0 Å². The van der Waals surface area contributed by atoms with Gasteiger partial charge in [0.2, 0.25) is 0 Å². The number of benzene rings is 2. The molecule has 0 saturated carbocycles. The molecule has 2 aromatic carbocycles. The Kier molecular flexibility index (Phi) is 3.01. The minimum absolute atomic E-state index is 0.0394. The summed E-state index contributed by atoms with van der Waals surface area (Å²) < 4.78 is 0. The Hall–Kier alpha value is -2.20. The molecule has 0 bridgehead atoms. The predicted octanol–water partition coefficient (Wildman–Crippen LogP) is 2.65. The number of thiocarbonyl (C=S) groups is 1. The maximum absolute atomic E-state index is 12.5. The van der Waals surface area contributed by atoms with Crippen LogP contribution in [-0.2, 0) is 4.79 Å². The first-order chi connectivity index (χ1) is 9.27. The zero-order valence-electron chi connectivity index (χ0n) is 10.1. The van der Waals surface area contributed by atoms with Gasteiger partial charge in [0.1, 0.15) is 6.04 Å². The van der Waals surface area contributed by atoms with Gasteiger partial charge >= 0.3 is 0 Å². The fourth-order valence-electron chi connectivity index (χ4n) is 2.17. The lowest BCUT2D eigenvalue weighted by Crippen LogP contribution is -2.30. The van der Waals surface area contributed by atoms with Gasteiger partial charge in [-0.3, -0.25) is 9.69 Å². The molecular formula is C15H12N2OS. The molecule has 19 heavy (non-hydrogen) atoms. The average molecular weight is 268 g/mol. The van der Waals surface area contributed by atoms with E-state index in [9.17, 15) is 4.79 Å². The molecule has 1 aliphatic heterocycles. The van der Waals surface area contributed by atoms with Crippen LogP contribution in [0.4, 0.5) is 5.69 Å². The van der Waals surface area contributed by atoms with Crippen molar-refractivity contribution in [3.63, 3.8) is 0 Å². The minimum Gasteiger partial charge on any atom is -0.346 e. The van der Waals surface area contributed by atoms with Crippen molar-refractivity contribution in [3.8, 4) is 0 Å². The van der Waals surface area contributed by atoms with Gasteiger partial charge in [-0.25, -0.2) is 0 Å². The molecule has 0 aliphatic carbocycles. The van der Waals surface area contributed by atoms with E-state index in [1.807, 2.05) is 60.7 Å². The van der Waals surface area contributed by atoms with Crippen molar-refractivity contribution in [2.45, 2.75) is 6.04 Å². The molecule has 1 N–H and O–H groups in total. The molecule has 0 aromatic heterocycles. The van der Waals surface area contributed by atoms with Crippen LogP contribution in [0.25, 0.3) is 0 Å².